The molecule has 2 aliphatic heterocycles. The third-order valence-corrected chi connectivity index (χ3v) is 6.95. The Bertz CT molecular complexity index is 547. The van der Waals surface area contributed by atoms with Crippen LogP contribution in [-0.4, -0.2) is 62.2 Å². The molecular weight excluding hydrogens is 304 g/mol. The zero-order valence-electron chi connectivity index (χ0n) is 15.7. The first-order chi connectivity index (χ1) is 11.3. The number of carbonyl (C=O) groups is 1. The first kappa shape index (κ1) is 17.5. The summed E-state index contributed by atoms with van der Waals surface area (Å²) < 4.78 is 5.73. The summed E-state index contributed by atoms with van der Waals surface area (Å²) in [5.74, 6) is 1.15. The van der Waals surface area contributed by atoms with Gasteiger partial charge in [0.15, 0.2) is 5.96 Å². The van der Waals surface area contributed by atoms with Crippen molar-refractivity contribution in [3.05, 3.63) is 0 Å². The van der Waals surface area contributed by atoms with Gasteiger partial charge in [0.1, 0.15) is 0 Å². The molecule has 1 spiro atoms. The number of rotatable bonds is 2. The second-order valence-electron chi connectivity index (χ2n) is 8.58. The molecule has 3 aliphatic rings. The Kier molecular flexibility index (Phi) is 4.31. The highest BCUT2D eigenvalue weighted by Crippen LogP contribution is 2.51. The van der Waals surface area contributed by atoms with E-state index in [2.05, 4.69) is 41.3 Å². The number of hydrogen-bond donors (Lipinski definition) is 2. The molecule has 0 aromatic rings. The molecule has 1 amide bonds. The van der Waals surface area contributed by atoms with Gasteiger partial charge in [0.05, 0.1) is 5.60 Å². The molecule has 2 heterocycles. The highest BCUT2D eigenvalue weighted by atomic mass is 16.5. The molecule has 3 rings (SSSR count). The Morgan fingerprint density at radius 2 is 2.17 bits per heavy atom. The van der Waals surface area contributed by atoms with Gasteiger partial charge in [-0.25, -0.2) is 0 Å². The van der Waals surface area contributed by atoms with Crippen LogP contribution in [0.5, 0.6) is 0 Å². The lowest BCUT2D eigenvalue weighted by atomic mass is 9.56. The molecule has 24 heavy (non-hydrogen) atoms. The second-order valence-corrected chi connectivity index (χ2v) is 8.58. The second kappa shape index (κ2) is 5.90. The lowest BCUT2D eigenvalue weighted by Crippen LogP contribution is -2.70. The number of amides is 1. The number of piperidine rings is 1. The molecule has 2 saturated heterocycles. The molecule has 6 heteroatoms. The van der Waals surface area contributed by atoms with Crippen LogP contribution in [0.2, 0.25) is 0 Å². The zero-order chi connectivity index (χ0) is 17.6. The number of guanidine groups is 1. The number of nitrogens with zero attached hydrogens (tertiary/aromatic N) is 2. The summed E-state index contributed by atoms with van der Waals surface area (Å²) in [5.41, 5.74) is 0.0492. The topological polar surface area (TPSA) is 66.0 Å². The Labute approximate surface area is 145 Å². The minimum Gasteiger partial charge on any atom is -0.378 e. The predicted octanol–water partition coefficient (Wildman–Crippen LogP) is 1.37. The lowest BCUT2D eigenvalue weighted by Gasteiger charge is -2.59. The van der Waals surface area contributed by atoms with Crippen molar-refractivity contribution in [2.75, 3.05) is 33.8 Å². The number of carbonyl (C=O) groups excluding carboxylic acids is 1. The third kappa shape index (κ3) is 2.68. The summed E-state index contributed by atoms with van der Waals surface area (Å²) >= 11 is 0. The van der Waals surface area contributed by atoms with Crippen LogP contribution in [0.15, 0.2) is 4.99 Å². The van der Waals surface area contributed by atoms with Crippen molar-refractivity contribution in [1.29, 1.82) is 0 Å². The fraction of sp³-hybridized carbons (Fsp3) is 0.889. The van der Waals surface area contributed by atoms with Gasteiger partial charge in [-0.05, 0) is 26.2 Å². The van der Waals surface area contributed by atoms with Crippen molar-refractivity contribution < 1.29 is 9.53 Å². The van der Waals surface area contributed by atoms with Gasteiger partial charge in [-0.1, -0.05) is 13.8 Å². The summed E-state index contributed by atoms with van der Waals surface area (Å²) in [6, 6.07) is 0.349. The van der Waals surface area contributed by atoms with E-state index in [9.17, 15) is 4.79 Å². The summed E-state index contributed by atoms with van der Waals surface area (Å²) in [6.45, 7) is 9.39. The van der Waals surface area contributed by atoms with Crippen LogP contribution in [-0.2, 0) is 9.53 Å². The number of hydrogen-bond acceptors (Lipinski definition) is 3. The van der Waals surface area contributed by atoms with Crippen molar-refractivity contribution in [2.45, 2.75) is 58.1 Å². The normalized spacial score (nSPS) is 38.9. The molecule has 136 valence electrons. The van der Waals surface area contributed by atoms with E-state index in [0.717, 1.165) is 44.9 Å². The number of nitrogens with one attached hydrogen (secondary N) is 2. The van der Waals surface area contributed by atoms with Crippen LogP contribution in [0.1, 0.15) is 46.5 Å². The molecule has 1 saturated carbocycles. The summed E-state index contributed by atoms with van der Waals surface area (Å²) in [7, 11) is 3.65. The molecular formula is C18H32N4O2. The maximum absolute atomic E-state index is 11.7. The van der Waals surface area contributed by atoms with Crippen molar-refractivity contribution in [2.24, 2.45) is 15.8 Å². The maximum Gasteiger partial charge on any atom is 0.220 e. The van der Waals surface area contributed by atoms with E-state index in [1.807, 2.05) is 7.05 Å². The van der Waals surface area contributed by atoms with Gasteiger partial charge in [0.25, 0.3) is 0 Å². The number of likely N-dealkylation sites (tertiary alicyclic amines) is 1. The van der Waals surface area contributed by atoms with E-state index in [1.54, 1.807) is 7.11 Å². The van der Waals surface area contributed by atoms with Crippen LogP contribution in [0.25, 0.3) is 0 Å². The Hall–Kier alpha value is -1.30. The van der Waals surface area contributed by atoms with Gasteiger partial charge >= 0.3 is 0 Å². The van der Waals surface area contributed by atoms with Crippen molar-refractivity contribution >= 4 is 11.9 Å². The van der Waals surface area contributed by atoms with Crippen molar-refractivity contribution in [3.63, 3.8) is 0 Å². The van der Waals surface area contributed by atoms with E-state index in [1.165, 1.54) is 0 Å². The van der Waals surface area contributed by atoms with E-state index < -0.39 is 0 Å². The van der Waals surface area contributed by atoms with Gasteiger partial charge in [-0.3, -0.25) is 9.79 Å². The monoisotopic (exact) mass is 336 g/mol. The Balaban J connectivity index is 1.66. The van der Waals surface area contributed by atoms with Gasteiger partial charge in [0, 0.05) is 57.1 Å². The van der Waals surface area contributed by atoms with Gasteiger partial charge in [-0.15, -0.1) is 0 Å². The molecule has 6 nitrogen and oxygen atoms in total. The molecule has 0 aromatic carbocycles. The van der Waals surface area contributed by atoms with E-state index in [-0.39, 0.29) is 22.3 Å². The number of aliphatic imine (C=N–C) groups is 1. The van der Waals surface area contributed by atoms with Crippen LogP contribution >= 0.6 is 0 Å². The summed E-state index contributed by atoms with van der Waals surface area (Å²) in [6.07, 6.45) is 3.86. The first-order valence-corrected chi connectivity index (χ1v) is 9.05. The predicted molar refractivity (Wildman–Crippen MR) is 95.0 cm³/mol. The van der Waals surface area contributed by atoms with E-state index >= 15 is 0 Å². The number of methoxy groups -OCH3 is 1. The van der Waals surface area contributed by atoms with Gasteiger partial charge in [-0.2, -0.15) is 0 Å². The molecule has 3 unspecified atom stereocenters. The largest absolute Gasteiger partial charge is 0.378 e. The molecule has 3 fully saturated rings. The SMILES string of the molecule is CN=C(NC1CC(C)(OC)C1(C)C)N1CCCC2(CNC(=O)C2)C1. The zero-order valence-corrected chi connectivity index (χ0v) is 15.7. The molecule has 0 radical (unpaired) electrons. The first-order valence-electron chi connectivity index (χ1n) is 9.05. The third-order valence-electron chi connectivity index (χ3n) is 6.95. The minimum atomic E-state index is -0.0889. The summed E-state index contributed by atoms with van der Waals surface area (Å²) in [4.78, 5) is 18.6. The molecule has 2 N–H and O–H groups in total. The van der Waals surface area contributed by atoms with Crippen LogP contribution in [0.3, 0.4) is 0 Å². The van der Waals surface area contributed by atoms with Crippen LogP contribution in [0, 0.1) is 10.8 Å². The molecule has 0 bridgehead atoms. The highest BCUT2D eigenvalue weighted by Gasteiger charge is 2.58. The number of ether oxygens (including phenoxy) is 1. The van der Waals surface area contributed by atoms with Gasteiger partial charge in [0.2, 0.25) is 5.91 Å². The van der Waals surface area contributed by atoms with Crippen molar-refractivity contribution in [1.82, 2.24) is 15.5 Å². The lowest BCUT2D eigenvalue weighted by molar-refractivity contribution is -0.177. The average molecular weight is 336 g/mol. The Morgan fingerprint density at radius 3 is 2.71 bits per heavy atom. The van der Waals surface area contributed by atoms with E-state index in [0.29, 0.717) is 12.5 Å². The molecule has 1 aliphatic carbocycles. The smallest absolute Gasteiger partial charge is 0.220 e. The van der Waals surface area contributed by atoms with E-state index in [4.69, 9.17) is 4.74 Å². The highest BCUT2D eigenvalue weighted by molar-refractivity contribution is 5.82. The Morgan fingerprint density at radius 1 is 1.42 bits per heavy atom. The maximum atomic E-state index is 11.7. The van der Waals surface area contributed by atoms with Crippen LogP contribution < -0.4 is 10.6 Å². The fourth-order valence-corrected chi connectivity index (χ4v) is 4.61. The van der Waals surface area contributed by atoms with Crippen molar-refractivity contribution in [3.8, 4) is 0 Å². The molecule has 0 aromatic heterocycles. The van der Waals surface area contributed by atoms with Crippen LogP contribution in [0.4, 0.5) is 0 Å². The fourth-order valence-electron chi connectivity index (χ4n) is 4.61. The average Bonchev–Trinajstić information content (AvgIpc) is 2.90. The van der Waals surface area contributed by atoms with Gasteiger partial charge < -0.3 is 20.3 Å². The molecule has 3 atom stereocenters. The standard InChI is InChI=1S/C18H32N4O2/c1-16(2)13(9-17(16,3)24-5)21-15(19-4)22-8-6-7-18(12-22)10-14(23)20-11-18/h13H,6-12H2,1-5H3,(H,19,21)(H,20,23). The minimum absolute atomic E-state index is 0.0516. The summed E-state index contributed by atoms with van der Waals surface area (Å²) in [5, 5.41) is 6.67. The quantitative estimate of drug-likeness (QED) is 0.590.